The summed E-state index contributed by atoms with van der Waals surface area (Å²) in [6.07, 6.45) is 7.16. The molecule has 4 rings (SSSR count). The molecule has 0 saturated carbocycles. The lowest BCUT2D eigenvalue weighted by atomic mass is 9.96. The van der Waals surface area contributed by atoms with Gasteiger partial charge in [-0.1, -0.05) is 24.1 Å². The van der Waals surface area contributed by atoms with E-state index in [9.17, 15) is 0 Å². The number of aromatic nitrogens is 2. The molecule has 2 aromatic rings. The van der Waals surface area contributed by atoms with Gasteiger partial charge in [0.25, 0.3) is 0 Å². The molecule has 0 aliphatic carbocycles. The van der Waals surface area contributed by atoms with Gasteiger partial charge in [0.05, 0.1) is 6.20 Å². The van der Waals surface area contributed by atoms with Gasteiger partial charge in [-0.25, -0.2) is 0 Å². The van der Waals surface area contributed by atoms with E-state index in [-0.39, 0.29) is 0 Å². The minimum absolute atomic E-state index is 0.716. The third-order valence-corrected chi connectivity index (χ3v) is 6.35. The van der Waals surface area contributed by atoms with E-state index in [2.05, 4.69) is 52.9 Å². The Kier molecular flexibility index (Phi) is 5.14. The molecule has 1 atom stereocenters. The van der Waals surface area contributed by atoms with Crippen molar-refractivity contribution in [2.75, 3.05) is 13.1 Å². The summed E-state index contributed by atoms with van der Waals surface area (Å²) in [5.74, 6) is 0. The number of benzene rings is 1. The fourth-order valence-corrected chi connectivity index (χ4v) is 4.61. The van der Waals surface area contributed by atoms with Crippen molar-refractivity contribution in [3.63, 3.8) is 0 Å². The first-order valence-electron chi connectivity index (χ1n) is 10.2. The maximum atomic E-state index is 4.21. The molecule has 1 aromatic heterocycles. The van der Waals surface area contributed by atoms with E-state index < -0.39 is 0 Å². The van der Waals surface area contributed by atoms with E-state index in [4.69, 9.17) is 0 Å². The van der Waals surface area contributed by atoms with E-state index in [0.717, 1.165) is 32.6 Å². The number of fused-ring (bicyclic) bond motifs is 1. The number of piperidine rings is 1. The minimum Gasteiger partial charge on any atom is -0.296 e. The van der Waals surface area contributed by atoms with Gasteiger partial charge in [-0.15, -0.1) is 0 Å². The molecule has 2 aliphatic rings. The van der Waals surface area contributed by atoms with Crippen LogP contribution in [0.2, 0.25) is 0 Å². The molecule has 3 heterocycles. The Morgan fingerprint density at radius 1 is 1.12 bits per heavy atom. The highest BCUT2D eigenvalue weighted by Gasteiger charge is 2.21. The number of H-pyrrole nitrogens is 1. The summed E-state index contributed by atoms with van der Waals surface area (Å²) < 4.78 is 0. The van der Waals surface area contributed by atoms with Crippen molar-refractivity contribution in [3.8, 4) is 0 Å². The highest BCUT2D eigenvalue weighted by Crippen LogP contribution is 2.25. The van der Waals surface area contributed by atoms with E-state index in [1.165, 1.54) is 59.3 Å². The molecule has 1 fully saturated rings. The van der Waals surface area contributed by atoms with Gasteiger partial charge in [0.2, 0.25) is 0 Å². The zero-order valence-corrected chi connectivity index (χ0v) is 16.5. The van der Waals surface area contributed by atoms with Crippen LogP contribution in [-0.4, -0.2) is 39.1 Å². The number of hydrogen-bond donors (Lipinski definition) is 1. The predicted octanol–water partition coefficient (Wildman–Crippen LogP) is 3.96. The van der Waals surface area contributed by atoms with Crippen molar-refractivity contribution < 1.29 is 0 Å². The molecular formula is C22H32N4. The van der Waals surface area contributed by atoms with Gasteiger partial charge in [0.15, 0.2) is 0 Å². The zero-order chi connectivity index (χ0) is 18.1. The van der Waals surface area contributed by atoms with Crippen molar-refractivity contribution >= 4 is 0 Å². The Bertz CT molecular complexity index is 763. The zero-order valence-electron chi connectivity index (χ0n) is 16.5. The van der Waals surface area contributed by atoms with Gasteiger partial charge >= 0.3 is 0 Å². The van der Waals surface area contributed by atoms with Crippen molar-refractivity contribution in [1.82, 2.24) is 20.0 Å². The second kappa shape index (κ2) is 7.53. The SMILES string of the molecule is Cc1cc(CN2CCc3[nH]ncc3C2)c(C)c(CN2CCCC[C@H]2C)c1. The van der Waals surface area contributed by atoms with E-state index >= 15 is 0 Å². The maximum Gasteiger partial charge on any atom is 0.0535 e. The lowest BCUT2D eigenvalue weighted by Crippen LogP contribution is -2.37. The third-order valence-electron chi connectivity index (χ3n) is 6.35. The van der Waals surface area contributed by atoms with Gasteiger partial charge in [-0.3, -0.25) is 14.9 Å². The second-order valence-electron chi connectivity index (χ2n) is 8.36. The molecule has 2 aliphatic heterocycles. The van der Waals surface area contributed by atoms with Crippen LogP contribution in [0.1, 0.15) is 59.7 Å². The van der Waals surface area contributed by atoms with Crippen molar-refractivity contribution in [2.45, 2.75) is 72.1 Å². The smallest absolute Gasteiger partial charge is 0.0535 e. The second-order valence-corrected chi connectivity index (χ2v) is 8.36. The number of aryl methyl sites for hydroxylation is 1. The Morgan fingerprint density at radius 3 is 2.73 bits per heavy atom. The third kappa shape index (κ3) is 3.72. The maximum absolute atomic E-state index is 4.21. The van der Waals surface area contributed by atoms with Crippen molar-refractivity contribution in [1.29, 1.82) is 0 Å². The molecule has 1 aromatic carbocycles. The number of likely N-dealkylation sites (tertiary alicyclic amines) is 1. The van der Waals surface area contributed by atoms with Crippen LogP contribution >= 0.6 is 0 Å². The summed E-state index contributed by atoms with van der Waals surface area (Å²) in [4.78, 5) is 5.24. The first kappa shape index (κ1) is 17.7. The van der Waals surface area contributed by atoms with Crippen LogP contribution in [0.4, 0.5) is 0 Å². The monoisotopic (exact) mass is 352 g/mol. The average molecular weight is 353 g/mol. The summed E-state index contributed by atoms with van der Waals surface area (Å²) in [6.45, 7) is 12.5. The van der Waals surface area contributed by atoms with Crippen LogP contribution in [-0.2, 0) is 26.1 Å². The number of nitrogens with one attached hydrogen (secondary N) is 1. The van der Waals surface area contributed by atoms with E-state index in [1.807, 2.05) is 6.20 Å². The van der Waals surface area contributed by atoms with E-state index in [1.54, 1.807) is 0 Å². The van der Waals surface area contributed by atoms with Gasteiger partial charge in [-0.05, 0) is 56.8 Å². The van der Waals surface area contributed by atoms with Gasteiger partial charge in [0.1, 0.15) is 0 Å². The molecule has 4 heteroatoms. The average Bonchev–Trinajstić information content (AvgIpc) is 3.08. The van der Waals surface area contributed by atoms with Gasteiger partial charge in [0, 0.05) is 49.9 Å². The first-order valence-corrected chi connectivity index (χ1v) is 10.2. The molecule has 0 bridgehead atoms. The topological polar surface area (TPSA) is 35.2 Å². The molecule has 0 amide bonds. The van der Waals surface area contributed by atoms with Crippen LogP contribution < -0.4 is 0 Å². The molecule has 1 saturated heterocycles. The van der Waals surface area contributed by atoms with Crippen LogP contribution in [0.3, 0.4) is 0 Å². The van der Waals surface area contributed by atoms with Crippen LogP contribution in [0.5, 0.6) is 0 Å². The lowest BCUT2D eigenvalue weighted by molar-refractivity contribution is 0.152. The highest BCUT2D eigenvalue weighted by molar-refractivity contribution is 5.38. The molecular weight excluding hydrogens is 320 g/mol. The van der Waals surface area contributed by atoms with Crippen LogP contribution in [0.25, 0.3) is 0 Å². The fraction of sp³-hybridized carbons (Fsp3) is 0.591. The van der Waals surface area contributed by atoms with E-state index in [0.29, 0.717) is 6.04 Å². The quantitative estimate of drug-likeness (QED) is 0.905. The van der Waals surface area contributed by atoms with Crippen LogP contribution in [0.15, 0.2) is 18.3 Å². The molecule has 1 N–H and O–H groups in total. The summed E-state index contributed by atoms with van der Waals surface area (Å²) in [7, 11) is 0. The Hall–Kier alpha value is -1.65. The van der Waals surface area contributed by atoms with Crippen LogP contribution in [0, 0.1) is 13.8 Å². The highest BCUT2D eigenvalue weighted by atomic mass is 15.2. The largest absolute Gasteiger partial charge is 0.296 e. The Morgan fingerprint density at radius 2 is 1.92 bits per heavy atom. The summed E-state index contributed by atoms with van der Waals surface area (Å²) in [5, 5.41) is 7.35. The van der Waals surface area contributed by atoms with Crippen molar-refractivity contribution in [2.24, 2.45) is 0 Å². The molecule has 0 radical (unpaired) electrons. The summed E-state index contributed by atoms with van der Waals surface area (Å²) >= 11 is 0. The number of rotatable bonds is 4. The van der Waals surface area contributed by atoms with Gasteiger partial charge in [-0.2, -0.15) is 5.10 Å². The number of nitrogens with zero attached hydrogens (tertiary/aromatic N) is 3. The minimum atomic E-state index is 0.716. The van der Waals surface area contributed by atoms with Gasteiger partial charge < -0.3 is 0 Å². The molecule has 26 heavy (non-hydrogen) atoms. The molecule has 0 spiro atoms. The molecule has 140 valence electrons. The number of hydrogen-bond acceptors (Lipinski definition) is 3. The summed E-state index contributed by atoms with van der Waals surface area (Å²) in [5.41, 5.74) is 8.59. The Labute approximate surface area is 157 Å². The first-order chi connectivity index (χ1) is 12.6. The normalized spacial score (nSPS) is 21.7. The Balaban J connectivity index is 1.51. The lowest BCUT2D eigenvalue weighted by Gasteiger charge is -2.34. The van der Waals surface area contributed by atoms with Crippen molar-refractivity contribution in [3.05, 3.63) is 51.8 Å². The molecule has 0 unspecified atom stereocenters. The summed E-state index contributed by atoms with van der Waals surface area (Å²) in [6, 6.07) is 5.52. The molecule has 4 nitrogen and oxygen atoms in total. The number of aromatic amines is 1. The predicted molar refractivity (Wildman–Crippen MR) is 106 cm³/mol. The standard InChI is InChI=1S/C22H32N4/c1-16-10-19(13-25-9-7-22-21(14-25)12-23-24-22)18(3)20(11-16)15-26-8-5-4-6-17(26)2/h10-12,17H,4-9,13-15H2,1-3H3,(H,23,24)/t17-/m1/s1. The fourth-order valence-electron chi connectivity index (χ4n) is 4.61.